The second-order valence-electron chi connectivity index (χ2n) is 9.07. The van der Waals surface area contributed by atoms with Crippen molar-refractivity contribution in [2.24, 2.45) is 0 Å². The molecule has 2 aliphatic heterocycles. The fourth-order valence-electron chi connectivity index (χ4n) is 4.73. The van der Waals surface area contributed by atoms with Crippen LogP contribution in [0.15, 0.2) is 84.9 Å². The van der Waals surface area contributed by atoms with Crippen LogP contribution in [0.3, 0.4) is 0 Å². The molecule has 4 aromatic rings. The first-order valence-electron chi connectivity index (χ1n) is 12.3. The maximum atomic E-state index is 11.8. The normalized spacial score (nSPS) is 13.7. The predicted molar refractivity (Wildman–Crippen MR) is 138 cm³/mol. The van der Waals surface area contributed by atoms with E-state index >= 15 is 0 Å². The number of benzene rings is 4. The maximum absolute atomic E-state index is 11.8. The molecule has 0 N–H and O–H groups in total. The fraction of sp³-hybridized carbons (Fsp3) is 0.0968. The lowest BCUT2D eigenvalue weighted by Crippen LogP contribution is -2.00. The molecule has 192 valence electrons. The average molecular weight is 520 g/mol. The van der Waals surface area contributed by atoms with E-state index in [-0.39, 0.29) is 28.2 Å². The summed E-state index contributed by atoms with van der Waals surface area (Å²) in [6, 6.07) is 24.7. The van der Waals surface area contributed by atoms with Crippen LogP contribution in [0, 0.1) is 0 Å². The molecule has 8 heteroatoms. The summed E-state index contributed by atoms with van der Waals surface area (Å²) in [5.74, 6) is -0.463. The minimum absolute atomic E-state index is 0.134. The second kappa shape index (κ2) is 9.57. The molecule has 8 nitrogen and oxygen atoms in total. The van der Waals surface area contributed by atoms with Crippen molar-refractivity contribution in [2.75, 3.05) is 0 Å². The fourth-order valence-corrected chi connectivity index (χ4v) is 4.73. The summed E-state index contributed by atoms with van der Waals surface area (Å²) in [5.41, 5.74) is 3.06. The monoisotopic (exact) mass is 520 g/mol. The molecule has 0 aromatic heterocycles. The van der Waals surface area contributed by atoms with Crippen LogP contribution >= 0.6 is 0 Å². The molecule has 0 saturated heterocycles. The van der Waals surface area contributed by atoms with Gasteiger partial charge in [-0.1, -0.05) is 31.2 Å². The van der Waals surface area contributed by atoms with Gasteiger partial charge in [-0.3, -0.25) is 0 Å². The Morgan fingerprint density at radius 3 is 1.26 bits per heavy atom. The van der Waals surface area contributed by atoms with Crippen molar-refractivity contribution >= 4 is 23.9 Å². The Balaban J connectivity index is 1.14. The molecule has 0 radical (unpaired) electrons. The Bertz CT molecular complexity index is 1530. The van der Waals surface area contributed by atoms with Gasteiger partial charge in [-0.05, 0) is 78.2 Å². The Morgan fingerprint density at radius 1 is 0.513 bits per heavy atom. The lowest BCUT2D eigenvalue weighted by Gasteiger charge is -2.17. The lowest BCUT2D eigenvalue weighted by atomic mass is 9.89. The second-order valence-corrected chi connectivity index (χ2v) is 9.07. The van der Waals surface area contributed by atoms with Crippen LogP contribution in [0.1, 0.15) is 71.8 Å². The van der Waals surface area contributed by atoms with Gasteiger partial charge in [0.2, 0.25) is 0 Å². The molecule has 0 amide bonds. The zero-order chi connectivity index (χ0) is 27.1. The predicted octanol–water partition coefficient (Wildman–Crippen LogP) is 6.43. The van der Waals surface area contributed by atoms with Gasteiger partial charge in [0, 0.05) is 5.92 Å². The van der Waals surface area contributed by atoms with Crippen molar-refractivity contribution in [1.29, 1.82) is 0 Å². The lowest BCUT2D eigenvalue weighted by molar-refractivity contribution is 0.0425. The van der Waals surface area contributed by atoms with Crippen LogP contribution in [0.25, 0.3) is 0 Å². The number of carbonyl (C=O) groups is 4. The van der Waals surface area contributed by atoms with Gasteiger partial charge in [0.1, 0.15) is 23.0 Å². The van der Waals surface area contributed by atoms with Gasteiger partial charge >= 0.3 is 23.9 Å². The van der Waals surface area contributed by atoms with E-state index in [4.69, 9.17) is 9.47 Å². The Morgan fingerprint density at radius 2 is 0.872 bits per heavy atom. The van der Waals surface area contributed by atoms with E-state index in [0.29, 0.717) is 23.0 Å². The molecule has 0 spiro atoms. The average Bonchev–Trinajstić information content (AvgIpc) is 3.39. The summed E-state index contributed by atoms with van der Waals surface area (Å²) >= 11 is 0. The smallest absolute Gasteiger partial charge is 0.347 e. The molecule has 0 aliphatic carbocycles. The van der Waals surface area contributed by atoms with E-state index < -0.39 is 23.9 Å². The van der Waals surface area contributed by atoms with Gasteiger partial charge in [0.25, 0.3) is 0 Å². The molecule has 0 saturated carbocycles. The molecule has 4 aromatic carbocycles. The number of esters is 4. The summed E-state index contributed by atoms with van der Waals surface area (Å²) in [6.45, 7) is 2.11. The number of fused-ring (bicyclic) bond motifs is 2. The quantitative estimate of drug-likeness (QED) is 0.203. The van der Waals surface area contributed by atoms with Crippen LogP contribution in [-0.2, 0) is 9.47 Å². The first-order valence-corrected chi connectivity index (χ1v) is 12.3. The van der Waals surface area contributed by atoms with Crippen LogP contribution in [0.5, 0.6) is 23.0 Å². The molecule has 2 aliphatic rings. The number of hydrogen-bond acceptors (Lipinski definition) is 8. The number of ether oxygens (including phenoxy) is 4. The van der Waals surface area contributed by atoms with Crippen LogP contribution in [0.4, 0.5) is 0 Å². The maximum Gasteiger partial charge on any atom is 0.347 e. The summed E-state index contributed by atoms with van der Waals surface area (Å²) in [4.78, 5) is 46.9. The van der Waals surface area contributed by atoms with Crippen LogP contribution < -0.4 is 9.47 Å². The number of hydrogen-bond donors (Lipinski definition) is 0. The number of cyclic esters (lactones) is 4. The van der Waals surface area contributed by atoms with Crippen molar-refractivity contribution in [3.05, 3.63) is 118 Å². The Kier molecular flexibility index (Phi) is 5.92. The molecule has 0 bridgehead atoms. The Labute approximate surface area is 222 Å². The first kappa shape index (κ1) is 24.1. The SMILES string of the molecule is CCC(c1ccc(Oc2ccc3c(c2)C(=O)OC3=O)cc1)c1ccc(Oc2ccc3c(c2)C(=O)OC3=O)cc1. The summed E-state index contributed by atoms with van der Waals surface area (Å²) in [7, 11) is 0. The van der Waals surface area contributed by atoms with Crippen molar-refractivity contribution in [3.8, 4) is 23.0 Å². The van der Waals surface area contributed by atoms with Gasteiger partial charge < -0.3 is 18.9 Å². The standard InChI is InChI=1S/C31H20O8/c1-2-23(17-3-7-19(8-4-17)36-21-11-13-24-26(15-21)30(34)38-28(24)32)18-5-9-20(10-6-18)37-22-12-14-25-27(16-22)31(35)39-29(25)33/h3-16,23H,2H2,1H3. The van der Waals surface area contributed by atoms with E-state index in [1.165, 1.54) is 24.3 Å². The van der Waals surface area contributed by atoms with Crippen LogP contribution in [0.2, 0.25) is 0 Å². The van der Waals surface area contributed by atoms with Crippen molar-refractivity contribution in [1.82, 2.24) is 0 Å². The molecular weight excluding hydrogens is 500 g/mol. The third-order valence-electron chi connectivity index (χ3n) is 6.68. The van der Waals surface area contributed by atoms with Crippen molar-refractivity contribution < 1.29 is 38.1 Å². The van der Waals surface area contributed by atoms with E-state index in [0.717, 1.165) is 17.5 Å². The van der Waals surface area contributed by atoms with Crippen molar-refractivity contribution in [2.45, 2.75) is 19.3 Å². The topological polar surface area (TPSA) is 105 Å². The van der Waals surface area contributed by atoms with E-state index in [1.54, 1.807) is 12.1 Å². The third-order valence-corrected chi connectivity index (χ3v) is 6.68. The summed E-state index contributed by atoms with van der Waals surface area (Å²) in [5, 5.41) is 0. The molecular formula is C31H20O8. The van der Waals surface area contributed by atoms with Crippen LogP contribution in [-0.4, -0.2) is 23.9 Å². The third kappa shape index (κ3) is 4.53. The molecule has 0 unspecified atom stereocenters. The van der Waals surface area contributed by atoms with E-state index in [1.807, 2.05) is 48.5 Å². The van der Waals surface area contributed by atoms with Gasteiger partial charge in [0.05, 0.1) is 22.3 Å². The summed E-state index contributed by atoms with van der Waals surface area (Å²) < 4.78 is 21.0. The molecule has 0 fully saturated rings. The largest absolute Gasteiger partial charge is 0.457 e. The molecule has 2 heterocycles. The molecule has 0 atom stereocenters. The Hall–Kier alpha value is -5.24. The number of carbonyl (C=O) groups excluding carboxylic acids is 4. The number of rotatable bonds is 7. The van der Waals surface area contributed by atoms with E-state index in [9.17, 15) is 19.2 Å². The minimum Gasteiger partial charge on any atom is -0.457 e. The highest BCUT2D eigenvalue weighted by Gasteiger charge is 2.31. The van der Waals surface area contributed by atoms with E-state index in [2.05, 4.69) is 16.4 Å². The highest BCUT2D eigenvalue weighted by molar-refractivity contribution is 6.15. The van der Waals surface area contributed by atoms with Gasteiger partial charge in [-0.25, -0.2) is 19.2 Å². The van der Waals surface area contributed by atoms with Gasteiger partial charge in [-0.2, -0.15) is 0 Å². The molecule has 6 rings (SSSR count). The van der Waals surface area contributed by atoms with Gasteiger partial charge in [-0.15, -0.1) is 0 Å². The van der Waals surface area contributed by atoms with Crippen molar-refractivity contribution in [3.63, 3.8) is 0 Å². The first-order chi connectivity index (χ1) is 18.9. The zero-order valence-electron chi connectivity index (χ0n) is 20.6. The minimum atomic E-state index is -0.675. The van der Waals surface area contributed by atoms with Gasteiger partial charge in [0.15, 0.2) is 0 Å². The zero-order valence-corrected chi connectivity index (χ0v) is 20.6. The highest BCUT2D eigenvalue weighted by Crippen LogP contribution is 2.34. The summed E-state index contributed by atoms with van der Waals surface area (Å²) in [6.07, 6.45) is 0.863. The highest BCUT2D eigenvalue weighted by atomic mass is 16.6. The molecule has 39 heavy (non-hydrogen) atoms.